The average Bonchev–Trinajstić information content (AvgIpc) is 2.83. The van der Waals surface area contributed by atoms with Crippen LogP contribution in [0.15, 0.2) is 53.5 Å². The van der Waals surface area contributed by atoms with Crippen LogP contribution >= 0.6 is 11.8 Å². The second-order valence-corrected chi connectivity index (χ2v) is 9.38. The van der Waals surface area contributed by atoms with Crippen molar-refractivity contribution >= 4 is 22.6 Å². The van der Waals surface area contributed by atoms with Gasteiger partial charge in [-0.05, 0) is 69.2 Å². The Balaban J connectivity index is 1.42. The summed E-state index contributed by atoms with van der Waals surface area (Å²) in [6, 6.07) is 14.4. The van der Waals surface area contributed by atoms with Crippen molar-refractivity contribution < 1.29 is 13.5 Å². The van der Waals surface area contributed by atoms with Gasteiger partial charge in [-0.3, -0.25) is 0 Å². The number of benzene rings is 2. The molecule has 2 aromatic rings. The lowest BCUT2D eigenvalue weighted by Gasteiger charge is -2.39. The zero-order valence-corrected chi connectivity index (χ0v) is 20.5. The smallest absolute Gasteiger partial charge is 0.164 e. The first-order valence-corrected chi connectivity index (χ1v) is 12.9. The van der Waals surface area contributed by atoms with Crippen LogP contribution in [0.1, 0.15) is 39.5 Å². The van der Waals surface area contributed by atoms with Gasteiger partial charge in [-0.15, -0.1) is 0 Å². The van der Waals surface area contributed by atoms with E-state index in [2.05, 4.69) is 35.8 Å². The molecule has 1 saturated heterocycles. The molecule has 0 bridgehead atoms. The lowest BCUT2D eigenvalue weighted by Crippen LogP contribution is -2.46. The van der Waals surface area contributed by atoms with Crippen molar-refractivity contribution in [2.75, 3.05) is 38.5 Å². The van der Waals surface area contributed by atoms with Crippen LogP contribution < -0.4 is 4.74 Å². The van der Waals surface area contributed by atoms with Gasteiger partial charge < -0.3 is 14.5 Å². The number of amidine groups is 1. The number of para-hydroxylation sites is 1. The maximum Gasteiger partial charge on any atom is 0.164 e. The summed E-state index contributed by atoms with van der Waals surface area (Å²) in [5, 5.41) is 1.12. The minimum Gasteiger partial charge on any atom is -0.493 e. The van der Waals surface area contributed by atoms with E-state index in [9.17, 15) is 8.78 Å². The molecule has 180 valence electrons. The highest BCUT2D eigenvalue weighted by Gasteiger charge is 2.26. The fraction of sp³-hybridized carbons (Fsp3) is 0.500. The molecule has 33 heavy (non-hydrogen) atoms. The van der Waals surface area contributed by atoms with Crippen LogP contribution in [-0.2, 0) is 0 Å². The van der Waals surface area contributed by atoms with Crippen LogP contribution in [0, 0.1) is 11.6 Å². The van der Waals surface area contributed by atoms with Crippen molar-refractivity contribution in [1.82, 2.24) is 9.80 Å². The van der Waals surface area contributed by atoms with E-state index in [1.165, 1.54) is 6.07 Å². The molecule has 0 amide bonds. The summed E-state index contributed by atoms with van der Waals surface area (Å²) >= 11 is 1.82. The number of aliphatic imine (C=N–C) groups is 1. The number of nitrogens with zero attached hydrogens (tertiary/aromatic N) is 3. The molecule has 1 aliphatic heterocycles. The highest BCUT2D eigenvalue weighted by molar-refractivity contribution is 8.13. The molecule has 0 saturated carbocycles. The molecular formula is C26H35F2N3OS. The number of halogens is 2. The molecule has 1 fully saturated rings. The molecule has 3 rings (SSSR count). The molecule has 7 heteroatoms. The van der Waals surface area contributed by atoms with E-state index < -0.39 is 11.6 Å². The Morgan fingerprint density at radius 2 is 1.82 bits per heavy atom. The molecule has 0 N–H and O–H groups in total. The second kappa shape index (κ2) is 13.6. The van der Waals surface area contributed by atoms with Gasteiger partial charge in [0.05, 0.1) is 12.3 Å². The quantitative estimate of drug-likeness (QED) is 0.227. The van der Waals surface area contributed by atoms with Crippen LogP contribution in [-0.4, -0.2) is 59.5 Å². The Bertz CT molecular complexity index is 873. The fourth-order valence-corrected chi connectivity index (χ4v) is 4.99. The maximum atomic E-state index is 13.2. The van der Waals surface area contributed by atoms with Crippen molar-refractivity contribution in [2.24, 2.45) is 4.99 Å². The first-order valence-electron chi connectivity index (χ1n) is 11.9. The predicted octanol–water partition coefficient (Wildman–Crippen LogP) is 6.35. The molecule has 0 aliphatic carbocycles. The molecule has 0 atom stereocenters. The Morgan fingerprint density at radius 1 is 1.06 bits per heavy atom. The predicted molar refractivity (Wildman–Crippen MR) is 135 cm³/mol. The molecule has 0 unspecified atom stereocenters. The van der Waals surface area contributed by atoms with Crippen molar-refractivity contribution in [3.8, 4) is 5.75 Å². The van der Waals surface area contributed by atoms with Crippen LogP contribution in [0.3, 0.4) is 0 Å². The van der Waals surface area contributed by atoms with Gasteiger partial charge in [0.2, 0.25) is 0 Å². The Kier molecular flexibility index (Phi) is 10.5. The SMILES string of the molecule is CCSC(=Nc1ccccc1)N(CC)C1CCN(CCCCOc2ccc(F)c(F)c2)CC1. The number of unbranched alkanes of at least 4 members (excludes halogenated alkanes) is 1. The summed E-state index contributed by atoms with van der Waals surface area (Å²) in [5.74, 6) is -0.328. The summed E-state index contributed by atoms with van der Waals surface area (Å²) in [6.45, 7) is 9.08. The van der Waals surface area contributed by atoms with E-state index >= 15 is 0 Å². The van der Waals surface area contributed by atoms with Gasteiger partial charge in [-0.25, -0.2) is 13.8 Å². The standard InChI is InChI=1S/C26H35F2N3OS/c1-3-31(26(33-4-2)29-21-10-6-5-7-11-21)22-14-17-30(18-15-22)16-8-9-19-32-23-12-13-24(27)25(28)20-23/h5-7,10-13,20,22H,3-4,8-9,14-19H2,1-2H3. The van der Waals surface area contributed by atoms with Gasteiger partial charge in [-0.2, -0.15) is 0 Å². The van der Waals surface area contributed by atoms with Crippen molar-refractivity contribution in [1.29, 1.82) is 0 Å². The molecule has 0 spiro atoms. The van der Waals surface area contributed by atoms with Crippen LogP contribution in [0.2, 0.25) is 0 Å². The van der Waals surface area contributed by atoms with E-state index in [-0.39, 0.29) is 0 Å². The zero-order valence-electron chi connectivity index (χ0n) is 19.7. The molecule has 4 nitrogen and oxygen atoms in total. The average molecular weight is 476 g/mol. The number of rotatable bonds is 10. The van der Waals surface area contributed by atoms with Crippen LogP contribution in [0.25, 0.3) is 0 Å². The minimum atomic E-state index is -0.870. The lowest BCUT2D eigenvalue weighted by molar-refractivity contribution is 0.153. The summed E-state index contributed by atoms with van der Waals surface area (Å²) in [4.78, 5) is 9.95. The number of thioether (sulfide) groups is 1. The molecule has 1 aliphatic rings. The van der Waals surface area contributed by atoms with E-state index in [4.69, 9.17) is 9.73 Å². The van der Waals surface area contributed by atoms with Gasteiger partial charge in [0.25, 0.3) is 0 Å². The number of hydrogen-bond donors (Lipinski definition) is 0. The van der Waals surface area contributed by atoms with Gasteiger partial charge >= 0.3 is 0 Å². The fourth-order valence-electron chi connectivity index (χ4n) is 4.12. The number of likely N-dealkylation sites (tertiary alicyclic amines) is 1. The normalized spacial score (nSPS) is 15.6. The van der Waals surface area contributed by atoms with Crippen LogP contribution in [0.5, 0.6) is 5.75 Å². The van der Waals surface area contributed by atoms with Crippen molar-refractivity contribution in [2.45, 2.75) is 45.6 Å². The van der Waals surface area contributed by atoms with E-state index in [0.29, 0.717) is 18.4 Å². The molecule has 0 aromatic heterocycles. The number of piperidine rings is 1. The zero-order chi connectivity index (χ0) is 23.5. The van der Waals surface area contributed by atoms with Gasteiger partial charge in [0, 0.05) is 31.7 Å². The van der Waals surface area contributed by atoms with Gasteiger partial charge in [0.15, 0.2) is 16.8 Å². The third kappa shape index (κ3) is 8.00. The van der Waals surface area contributed by atoms with Gasteiger partial charge in [0.1, 0.15) is 5.75 Å². The largest absolute Gasteiger partial charge is 0.493 e. The Morgan fingerprint density at radius 3 is 2.48 bits per heavy atom. The summed E-state index contributed by atoms with van der Waals surface area (Å²) in [7, 11) is 0. The van der Waals surface area contributed by atoms with Gasteiger partial charge in [-0.1, -0.05) is 36.9 Å². The van der Waals surface area contributed by atoms with Crippen molar-refractivity contribution in [3.05, 3.63) is 60.2 Å². The summed E-state index contributed by atoms with van der Waals surface area (Å²) in [5.41, 5.74) is 1.01. The Hall–Kier alpha value is -2.12. The van der Waals surface area contributed by atoms with Crippen LogP contribution in [0.4, 0.5) is 14.5 Å². The maximum absolute atomic E-state index is 13.2. The number of hydrogen-bond acceptors (Lipinski definition) is 4. The van der Waals surface area contributed by atoms with Crippen molar-refractivity contribution in [3.63, 3.8) is 0 Å². The number of ether oxygens (including phenoxy) is 1. The minimum absolute atomic E-state index is 0.382. The monoisotopic (exact) mass is 475 g/mol. The van der Waals surface area contributed by atoms with E-state index in [0.717, 1.165) is 80.6 Å². The summed E-state index contributed by atoms with van der Waals surface area (Å²) in [6.07, 6.45) is 4.19. The Labute approximate surface area is 201 Å². The molecule has 2 aromatic carbocycles. The first kappa shape index (κ1) is 25.5. The highest BCUT2D eigenvalue weighted by Crippen LogP contribution is 2.24. The van der Waals surface area contributed by atoms with E-state index in [1.807, 2.05) is 30.0 Å². The third-order valence-electron chi connectivity index (χ3n) is 5.87. The second-order valence-electron chi connectivity index (χ2n) is 8.15. The van der Waals surface area contributed by atoms with E-state index in [1.54, 1.807) is 0 Å². The molecule has 1 heterocycles. The first-order chi connectivity index (χ1) is 16.1. The highest BCUT2D eigenvalue weighted by atomic mass is 32.2. The topological polar surface area (TPSA) is 28.1 Å². The lowest BCUT2D eigenvalue weighted by atomic mass is 10.0. The summed E-state index contributed by atoms with van der Waals surface area (Å²) < 4.78 is 31.8. The third-order valence-corrected chi connectivity index (χ3v) is 6.74. The molecular weight excluding hydrogens is 440 g/mol. The molecule has 0 radical (unpaired) electrons.